The summed E-state index contributed by atoms with van der Waals surface area (Å²) in [7, 11) is 0. The molecule has 0 amide bonds. The van der Waals surface area contributed by atoms with Gasteiger partial charge in [0.1, 0.15) is 42.2 Å². The lowest BCUT2D eigenvalue weighted by atomic mass is 9.99. The summed E-state index contributed by atoms with van der Waals surface area (Å²) in [5, 5.41) is 41.4. The largest absolute Gasteiger partial charge is 0.573 e. The van der Waals surface area contributed by atoms with Gasteiger partial charge in [0.15, 0.2) is 0 Å². The molecule has 19 nitrogen and oxygen atoms in total. The molecule has 0 bridgehead atoms. The number of hydrogen-bond donors (Lipinski definition) is 2. The molecule has 0 aliphatic carbocycles. The molecule has 0 aromatic heterocycles. The Morgan fingerprint density at radius 1 is 0.750 bits per heavy atom. The van der Waals surface area contributed by atoms with E-state index in [1.165, 1.54) is 11.9 Å². The van der Waals surface area contributed by atoms with Crippen molar-refractivity contribution in [1.29, 1.82) is 0 Å². The molecule has 352 valence electrons. The van der Waals surface area contributed by atoms with Crippen molar-refractivity contribution < 1.29 is 116 Å². The van der Waals surface area contributed by atoms with Crippen LogP contribution in [0.25, 0.3) is 12.2 Å². The number of benzene rings is 2. The monoisotopic (exact) mass is 944 g/mol. The van der Waals surface area contributed by atoms with Crippen molar-refractivity contribution in [2.75, 3.05) is 39.8 Å². The number of aryl methyl sites for hydroxylation is 1. The average molecular weight is 945 g/mol. The van der Waals surface area contributed by atoms with Gasteiger partial charge in [0.25, 0.3) is 13.6 Å². The molecule has 6 rings (SSSR count). The van der Waals surface area contributed by atoms with Crippen molar-refractivity contribution in [3.63, 3.8) is 0 Å². The minimum atomic E-state index is -5.07. The average Bonchev–Trinajstić information content (AvgIpc) is 3.14. The number of carbonyl (C=O) groups is 2. The minimum Gasteiger partial charge on any atom is -0.569 e. The smallest absolute Gasteiger partial charge is 0.569 e. The number of fused-ring (bicyclic) bond motifs is 2. The Labute approximate surface area is 348 Å². The van der Waals surface area contributed by atoms with Crippen LogP contribution in [-0.2, 0) is 28.7 Å². The van der Waals surface area contributed by atoms with Crippen LogP contribution in [0, 0.1) is 12.1 Å². The number of halogens is 12. The number of β-amino-alcohol motifs (C(OH)–C–C–N with tert-alkyl or cyclic N) is 2. The summed E-state index contributed by atoms with van der Waals surface area (Å²) in [6.45, 7) is -0.349. The van der Waals surface area contributed by atoms with Gasteiger partial charge in [0, 0.05) is 16.4 Å². The SMILES string of the molecule is Cc1cc(OC(F)(F)F)cc2c1OC(C(F)(F)F)C(C(=O)OCON=NN1CC(O)C1)=C2.O=C(OCON=[N+]([O-])N1CC(O)C1)C1=Cc2cc(OC(F)(F)F)ccc2OC1C(F)(F)F. The molecular formula is C33H28F12N6O13. The Bertz CT molecular complexity index is 2150. The molecule has 2 N–H and O–H groups in total. The van der Waals surface area contributed by atoms with E-state index in [0.29, 0.717) is 12.2 Å². The molecular weight excluding hydrogens is 916 g/mol. The first-order chi connectivity index (χ1) is 29.7. The predicted molar refractivity (Wildman–Crippen MR) is 178 cm³/mol. The second-order valence-electron chi connectivity index (χ2n) is 13.1. The van der Waals surface area contributed by atoms with E-state index in [-0.39, 0.29) is 53.6 Å². The molecule has 0 saturated carbocycles. The highest BCUT2D eigenvalue weighted by Crippen LogP contribution is 2.42. The highest BCUT2D eigenvalue weighted by Gasteiger charge is 2.50. The molecule has 2 aromatic carbocycles. The normalized spacial score (nSPS) is 19.2. The van der Waals surface area contributed by atoms with Gasteiger partial charge in [-0.25, -0.2) is 9.59 Å². The first-order valence-corrected chi connectivity index (χ1v) is 17.4. The summed E-state index contributed by atoms with van der Waals surface area (Å²) in [5.41, 5.74) is -2.71. The number of hydrazine groups is 1. The molecule has 0 spiro atoms. The van der Waals surface area contributed by atoms with Crippen LogP contribution >= 0.6 is 0 Å². The molecule has 2 aromatic rings. The van der Waals surface area contributed by atoms with Gasteiger partial charge in [-0.1, -0.05) is 0 Å². The molecule has 64 heavy (non-hydrogen) atoms. The lowest BCUT2D eigenvalue weighted by Gasteiger charge is -2.31. The summed E-state index contributed by atoms with van der Waals surface area (Å²) in [4.78, 5) is 33.2. The fourth-order valence-corrected chi connectivity index (χ4v) is 5.48. The van der Waals surface area contributed by atoms with Crippen LogP contribution in [0.2, 0.25) is 0 Å². The second kappa shape index (κ2) is 19.0. The Balaban J connectivity index is 0.000000241. The van der Waals surface area contributed by atoms with E-state index in [2.05, 4.69) is 44.4 Å². The fraction of sp³-hybridized carbons (Fsp3) is 0.455. The third-order valence-corrected chi connectivity index (χ3v) is 8.22. The molecule has 2 saturated heterocycles. The Kier molecular flexibility index (Phi) is 14.3. The van der Waals surface area contributed by atoms with Crippen LogP contribution in [0.5, 0.6) is 23.0 Å². The highest BCUT2D eigenvalue weighted by molar-refractivity contribution is 5.97. The van der Waals surface area contributed by atoms with E-state index >= 15 is 0 Å². The lowest BCUT2D eigenvalue weighted by Crippen LogP contribution is -2.53. The van der Waals surface area contributed by atoms with Crippen LogP contribution in [0.1, 0.15) is 16.7 Å². The van der Waals surface area contributed by atoms with E-state index < -0.39 is 103 Å². The number of ether oxygens (including phenoxy) is 6. The third-order valence-electron chi connectivity index (χ3n) is 8.22. The van der Waals surface area contributed by atoms with Gasteiger partial charge in [-0.2, -0.15) is 26.3 Å². The first-order valence-electron chi connectivity index (χ1n) is 17.4. The molecule has 4 aliphatic rings. The number of rotatable bonds is 12. The summed E-state index contributed by atoms with van der Waals surface area (Å²) < 4.78 is 181. The number of nitrogens with zero attached hydrogens (tertiary/aromatic N) is 6. The summed E-state index contributed by atoms with van der Waals surface area (Å²) in [5.74, 6) is -5.32. The fourth-order valence-electron chi connectivity index (χ4n) is 5.48. The number of alkyl halides is 12. The maximum atomic E-state index is 13.5. The van der Waals surface area contributed by atoms with Crippen molar-refractivity contribution in [3.8, 4) is 23.0 Å². The first kappa shape index (κ1) is 48.4. The van der Waals surface area contributed by atoms with Crippen LogP contribution < -0.4 is 18.9 Å². The zero-order valence-corrected chi connectivity index (χ0v) is 31.7. The molecule has 2 fully saturated rings. The Hall–Kier alpha value is -6.66. The van der Waals surface area contributed by atoms with Crippen LogP contribution in [0.15, 0.2) is 57.3 Å². The van der Waals surface area contributed by atoms with Crippen molar-refractivity contribution in [3.05, 3.63) is 63.4 Å². The van der Waals surface area contributed by atoms with E-state index in [1.54, 1.807) is 0 Å². The molecule has 4 heterocycles. The predicted octanol–water partition coefficient (Wildman–Crippen LogP) is 5.35. The van der Waals surface area contributed by atoms with Crippen LogP contribution in [-0.4, -0.2) is 126 Å². The quantitative estimate of drug-likeness (QED) is 0.0521. The maximum Gasteiger partial charge on any atom is 0.573 e. The summed E-state index contributed by atoms with van der Waals surface area (Å²) in [6, 6.07) is 3.93. The van der Waals surface area contributed by atoms with E-state index in [4.69, 9.17) is 19.7 Å². The lowest BCUT2D eigenvalue weighted by molar-refractivity contribution is -0.727. The van der Waals surface area contributed by atoms with Gasteiger partial charge in [0.2, 0.25) is 17.5 Å². The Morgan fingerprint density at radius 3 is 1.81 bits per heavy atom. The van der Waals surface area contributed by atoms with Gasteiger partial charge in [-0.3, -0.25) is 5.01 Å². The molecule has 2 unspecified atom stereocenters. The number of esters is 2. The second-order valence-corrected chi connectivity index (χ2v) is 13.1. The minimum absolute atomic E-state index is 0.0207. The van der Waals surface area contributed by atoms with E-state index in [9.17, 15) is 67.5 Å². The van der Waals surface area contributed by atoms with Crippen molar-refractivity contribution in [2.45, 2.75) is 56.4 Å². The van der Waals surface area contributed by atoms with Crippen LogP contribution in [0.4, 0.5) is 52.7 Å². The Morgan fingerprint density at radius 2 is 1.27 bits per heavy atom. The van der Waals surface area contributed by atoms with Gasteiger partial charge in [-0.05, 0) is 60.2 Å². The number of aliphatic hydroxyl groups excluding tert-OH is 2. The molecule has 2 atom stereocenters. The van der Waals surface area contributed by atoms with Gasteiger partial charge in [0.05, 0.1) is 35.3 Å². The number of aliphatic hydroxyl groups is 2. The van der Waals surface area contributed by atoms with Gasteiger partial charge >= 0.3 is 37.0 Å². The topological polar surface area (TPSA) is 218 Å². The molecule has 4 aliphatic heterocycles. The van der Waals surface area contributed by atoms with Gasteiger partial charge < -0.3 is 53.5 Å². The van der Waals surface area contributed by atoms with Crippen molar-refractivity contribution >= 4 is 24.1 Å². The standard InChI is InChI=1S/C17H15F6N3O6.C16H13F6N3O7/c1-8-2-11(32-17(21,22)23)3-9-4-12(14(16(18,19)20)31-13(8)9)15(28)29-7-30-25-24-26-5-10(27)6-26;17-15(18,19)13-11(14(27)29-7-30-23-25(28)24-5-9(26)6-24)4-8-3-10(32-16(20,21)22)1-2-12(8)31-13/h2-4,10,14,27H,5-7H2,1H3;1-4,9,13,26H,5-7H2. The molecule has 0 radical (unpaired) electrons. The zero-order valence-electron chi connectivity index (χ0n) is 31.7. The van der Waals surface area contributed by atoms with Gasteiger partial charge in [-0.15, -0.1) is 31.4 Å². The van der Waals surface area contributed by atoms with E-state index in [0.717, 1.165) is 35.3 Å². The summed E-state index contributed by atoms with van der Waals surface area (Å²) in [6.07, 6.45) is -25.6. The summed E-state index contributed by atoms with van der Waals surface area (Å²) >= 11 is 0. The molecule has 31 heteroatoms. The number of carbonyl (C=O) groups excluding carboxylic acids is 2. The van der Waals surface area contributed by atoms with Crippen LogP contribution in [0.3, 0.4) is 0 Å². The van der Waals surface area contributed by atoms with Crippen molar-refractivity contribution in [2.24, 2.45) is 15.8 Å². The highest BCUT2D eigenvalue weighted by atomic mass is 19.4. The third kappa shape index (κ3) is 13.2. The zero-order chi connectivity index (χ0) is 47.4. The van der Waals surface area contributed by atoms with E-state index in [1.807, 2.05) is 0 Å². The number of hydrogen-bond acceptors (Lipinski definition) is 16. The maximum absolute atomic E-state index is 13.5. The van der Waals surface area contributed by atoms with Crippen molar-refractivity contribution in [1.82, 2.24) is 10.0 Å².